The summed E-state index contributed by atoms with van der Waals surface area (Å²) >= 11 is 0. The molecule has 10 nitrogen and oxygen atoms in total. The highest BCUT2D eigenvalue weighted by atomic mass is 16.6. The maximum atomic E-state index is 13.9. The molecule has 0 aromatic heterocycles. The average Bonchev–Trinajstić information content (AvgIpc) is 3.22. The van der Waals surface area contributed by atoms with E-state index in [1.165, 1.54) is 6.92 Å². The van der Waals surface area contributed by atoms with Crippen molar-refractivity contribution in [2.45, 2.75) is 94.0 Å². The standard InChI is InChI=1S/C31H44N2O8/c1-6-33-16-28(41-27(36)20-9-7-8-10-22(20)32-18(3)34)12-11-24(35)30-17(2)31(38)25(40-5)13-19(39-4)15-29(31,37)21(26(30)33)14-23(28)30/h7-10,17,19,21,23-26,35,37-38H,6,11-16H2,1-5H3,(H,32,34)/t17-,19+,21?,23+,24-,25-,26?,28+,29-,30?,31-/m0/s1. The summed E-state index contributed by atoms with van der Waals surface area (Å²) in [5.41, 5.74) is -4.27. The number of hydrogen-bond donors (Lipinski definition) is 4. The largest absolute Gasteiger partial charge is 0.454 e. The van der Waals surface area contributed by atoms with Gasteiger partial charge in [0.15, 0.2) is 0 Å². The summed E-state index contributed by atoms with van der Waals surface area (Å²) in [7, 11) is 3.17. The fourth-order valence-electron chi connectivity index (χ4n) is 10.4. The highest BCUT2D eigenvalue weighted by molar-refractivity contribution is 6.00. The van der Waals surface area contributed by atoms with E-state index in [1.807, 2.05) is 13.8 Å². The third kappa shape index (κ3) is 3.58. The number of amides is 1. The predicted octanol–water partition coefficient (Wildman–Crippen LogP) is 1.96. The second-order valence-corrected chi connectivity index (χ2v) is 13.1. The molecule has 11 atom stereocenters. The summed E-state index contributed by atoms with van der Waals surface area (Å²) in [6.07, 6.45) is 0.331. The zero-order valence-electron chi connectivity index (χ0n) is 24.6. The van der Waals surface area contributed by atoms with Gasteiger partial charge in [-0.1, -0.05) is 26.0 Å². The first-order valence-corrected chi connectivity index (χ1v) is 15.0. The van der Waals surface area contributed by atoms with Crippen LogP contribution in [0.4, 0.5) is 5.69 Å². The summed E-state index contributed by atoms with van der Waals surface area (Å²) in [5.74, 6) is -2.06. The van der Waals surface area contributed by atoms with Crippen molar-refractivity contribution < 1.29 is 39.1 Å². The Morgan fingerprint density at radius 2 is 1.88 bits per heavy atom. The molecule has 4 N–H and O–H groups in total. The zero-order chi connectivity index (χ0) is 29.5. The van der Waals surface area contributed by atoms with E-state index in [9.17, 15) is 24.9 Å². The minimum Gasteiger partial charge on any atom is -0.454 e. The van der Waals surface area contributed by atoms with Gasteiger partial charge in [0.05, 0.1) is 29.6 Å². The number of aliphatic hydroxyl groups excluding tert-OH is 1. The maximum absolute atomic E-state index is 13.9. The number of piperidine rings is 1. The summed E-state index contributed by atoms with van der Waals surface area (Å²) in [4.78, 5) is 28.0. The normalized spacial score (nSPS) is 46.5. The lowest BCUT2D eigenvalue weighted by atomic mass is 9.42. The fraction of sp³-hybridized carbons (Fsp3) is 0.742. The van der Waals surface area contributed by atoms with Crippen molar-refractivity contribution >= 4 is 17.6 Å². The van der Waals surface area contributed by atoms with Crippen molar-refractivity contribution in [3.05, 3.63) is 29.8 Å². The zero-order valence-corrected chi connectivity index (χ0v) is 24.6. The predicted molar refractivity (Wildman–Crippen MR) is 149 cm³/mol. The molecule has 1 aromatic carbocycles. The Hall–Kier alpha value is -2.08. The molecule has 1 aromatic rings. The van der Waals surface area contributed by atoms with E-state index in [1.54, 1.807) is 38.5 Å². The Balaban J connectivity index is 1.48. The molecule has 41 heavy (non-hydrogen) atoms. The van der Waals surface area contributed by atoms with Crippen LogP contribution in [0.15, 0.2) is 24.3 Å². The number of rotatable bonds is 6. The van der Waals surface area contributed by atoms with Crippen LogP contribution in [-0.2, 0) is 19.0 Å². The Morgan fingerprint density at radius 3 is 2.54 bits per heavy atom. The number of para-hydroxylation sites is 1. The molecule has 1 heterocycles. The van der Waals surface area contributed by atoms with Gasteiger partial charge in [-0.2, -0.15) is 0 Å². The average molecular weight is 573 g/mol. The first kappa shape index (κ1) is 29.0. The first-order chi connectivity index (χ1) is 19.4. The van der Waals surface area contributed by atoms with Crippen LogP contribution in [-0.4, -0.2) is 101 Å². The number of anilines is 1. The summed E-state index contributed by atoms with van der Waals surface area (Å²) in [6, 6.07) is 6.60. The molecule has 10 heteroatoms. The molecule has 4 saturated carbocycles. The topological polar surface area (TPSA) is 138 Å². The highest BCUT2D eigenvalue weighted by Crippen LogP contribution is 2.75. The van der Waals surface area contributed by atoms with E-state index in [0.717, 1.165) is 0 Å². The number of methoxy groups -OCH3 is 2. The highest BCUT2D eigenvalue weighted by Gasteiger charge is 2.85. The van der Waals surface area contributed by atoms with E-state index >= 15 is 0 Å². The number of aliphatic hydroxyl groups is 3. The lowest BCUT2D eigenvalue weighted by Gasteiger charge is -2.72. The van der Waals surface area contributed by atoms with Crippen LogP contribution in [0.1, 0.15) is 63.2 Å². The molecular formula is C31H44N2O8. The van der Waals surface area contributed by atoms with E-state index < -0.39 is 46.3 Å². The van der Waals surface area contributed by atoms with E-state index in [0.29, 0.717) is 44.5 Å². The lowest BCUT2D eigenvalue weighted by Crippen LogP contribution is -2.84. The number of nitrogens with one attached hydrogen (secondary N) is 1. The molecule has 1 aliphatic heterocycles. The minimum atomic E-state index is -1.63. The minimum absolute atomic E-state index is 0.209. The fourth-order valence-corrected chi connectivity index (χ4v) is 10.4. The summed E-state index contributed by atoms with van der Waals surface area (Å²) < 4.78 is 18.2. The Morgan fingerprint density at radius 1 is 1.15 bits per heavy atom. The van der Waals surface area contributed by atoms with E-state index in [4.69, 9.17) is 14.2 Å². The van der Waals surface area contributed by atoms with E-state index in [-0.39, 0.29) is 41.9 Å². The number of benzene rings is 1. The van der Waals surface area contributed by atoms with Crippen LogP contribution < -0.4 is 5.32 Å². The third-order valence-corrected chi connectivity index (χ3v) is 11.9. The van der Waals surface area contributed by atoms with Gasteiger partial charge in [0.25, 0.3) is 0 Å². The number of likely N-dealkylation sites (N-methyl/N-ethyl adjacent to an activating group) is 1. The number of hydrogen-bond acceptors (Lipinski definition) is 9. The Bertz CT molecular complexity index is 1230. The Labute approximate surface area is 241 Å². The molecule has 226 valence electrons. The van der Waals surface area contributed by atoms with Gasteiger partial charge >= 0.3 is 5.97 Å². The van der Waals surface area contributed by atoms with Crippen LogP contribution in [0.3, 0.4) is 0 Å². The smallest absolute Gasteiger partial charge is 0.340 e. The van der Waals surface area contributed by atoms with Crippen LogP contribution in [0.5, 0.6) is 0 Å². The van der Waals surface area contributed by atoms with Gasteiger partial charge in [0, 0.05) is 69.7 Å². The molecule has 3 unspecified atom stereocenters. The second kappa shape index (κ2) is 9.72. The number of nitrogens with zero attached hydrogens (tertiary/aromatic N) is 1. The molecule has 1 spiro atoms. The monoisotopic (exact) mass is 572 g/mol. The molecule has 5 fully saturated rings. The molecule has 1 saturated heterocycles. The van der Waals surface area contributed by atoms with Gasteiger partial charge in [-0.3, -0.25) is 9.69 Å². The van der Waals surface area contributed by atoms with Crippen molar-refractivity contribution in [2.75, 3.05) is 32.6 Å². The van der Waals surface area contributed by atoms with E-state index in [2.05, 4.69) is 10.2 Å². The lowest BCUT2D eigenvalue weighted by molar-refractivity contribution is -0.351. The first-order valence-electron chi connectivity index (χ1n) is 15.0. The van der Waals surface area contributed by atoms with Crippen LogP contribution in [0, 0.1) is 23.2 Å². The van der Waals surface area contributed by atoms with Crippen molar-refractivity contribution in [2.24, 2.45) is 23.2 Å². The van der Waals surface area contributed by atoms with Gasteiger partial charge in [0.1, 0.15) is 16.8 Å². The number of fused-ring (bicyclic) bond motifs is 2. The second-order valence-electron chi connectivity index (χ2n) is 13.1. The van der Waals surface area contributed by atoms with Gasteiger partial charge in [-0.05, 0) is 37.9 Å². The number of carbonyl (C=O) groups is 2. The number of carbonyl (C=O) groups excluding carboxylic acids is 2. The van der Waals surface area contributed by atoms with Crippen molar-refractivity contribution in [1.82, 2.24) is 4.90 Å². The molecule has 5 aliphatic rings. The molecule has 1 amide bonds. The Kier molecular flexibility index (Phi) is 6.88. The third-order valence-electron chi connectivity index (χ3n) is 11.9. The van der Waals surface area contributed by atoms with Crippen molar-refractivity contribution in [1.29, 1.82) is 0 Å². The SMILES string of the molecule is CCN1C[C@]2(OC(=O)c3ccccc3NC(C)=O)CC[C@H](O)C34C1C(C[C@@H]32)[C@@]1(O)C[C@H](OC)C[C@H](OC)[C@@]1(O)[C@H]4C. The van der Waals surface area contributed by atoms with Gasteiger partial charge in [0.2, 0.25) is 5.91 Å². The number of likely N-dealkylation sites (tertiary alicyclic amines) is 1. The van der Waals surface area contributed by atoms with Gasteiger partial charge in [-0.15, -0.1) is 0 Å². The maximum Gasteiger partial charge on any atom is 0.340 e. The molecular weight excluding hydrogens is 528 g/mol. The molecule has 6 rings (SSSR count). The molecule has 0 radical (unpaired) electrons. The van der Waals surface area contributed by atoms with Crippen LogP contribution in [0.25, 0.3) is 0 Å². The molecule has 4 aliphatic carbocycles. The number of ether oxygens (including phenoxy) is 3. The van der Waals surface area contributed by atoms with Gasteiger partial charge < -0.3 is 34.8 Å². The van der Waals surface area contributed by atoms with Crippen LogP contribution in [0.2, 0.25) is 0 Å². The summed E-state index contributed by atoms with van der Waals surface area (Å²) in [6.45, 7) is 6.49. The van der Waals surface area contributed by atoms with Crippen molar-refractivity contribution in [3.8, 4) is 0 Å². The van der Waals surface area contributed by atoms with Crippen LogP contribution >= 0.6 is 0 Å². The quantitative estimate of drug-likeness (QED) is 0.377. The van der Waals surface area contributed by atoms with Crippen molar-refractivity contribution in [3.63, 3.8) is 0 Å². The summed E-state index contributed by atoms with van der Waals surface area (Å²) in [5, 5.41) is 40.0. The number of esters is 1. The van der Waals surface area contributed by atoms with Gasteiger partial charge in [-0.25, -0.2) is 4.79 Å². The molecule has 5 bridgehead atoms.